The van der Waals surface area contributed by atoms with E-state index >= 15 is 0 Å². The summed E-state index contributed by atoms with van der Waals surface area (Å²) in [7, 11) is 1.79. The molecule has 1 aromatic heterocycles. The zero-order valence-corrected chi connectivity index (χ0v) is 6.20. The molecule has 4 heteroatoms. The molecule has 4 nitrogen and oxygen atoms in total. The molecule has 0 unspecified atom stereocenters. The predicted molar refractivity (Wildman–Crippen MR) is 40.2 cm³/mol. The summed E-state index contributed by atoms with van der Waals surface area (Å²) < 4.78 is 1.61. The third-order valence-electron chi connectivity index (χ3n) is 1.40. The highest BCUT2D eigenvalue weighted by Crippen LogP contribution is 2.09. The lowest BCUT2D eigenvalue weighted by atomic mass is 10.2. The van der Waals surface area contributed by atoms with Crippen LogP contribution in [0, 0.1) is 0 Å². The molecule has 56 valence electrons. The quantitative estimate of drug-likeness (QED) is 0.577. The standard InChI is InChI=1S/C6H12N4/c1-4(7)5-3-6(8)10(2)9-5/h3-4H,7-8H2,1-2H3/t4-/m0/s1. The molecule has 1 aromatic rings. The number of rotatable bonds is 1. The molecule has 1 heterocycles. The van der Waals surface area contributed by atoms with Crippen LogP contribution in [0.3, 0.4) is 0 Å². The summed E-state index contributed by atoms with van der Waals surface area (Å²) in [5, 5.41) is 4.08. The number of nitrogens with zero attached hydrogens (tertiary/aromatic N) is 2. The molecule has 0 spiro atoms. The minimum atomic E-state index is -0.0384. The summed E-state index contributed by atoms with van der Waals surface area (Å²) in [4.78, 5) is 0. The van der Waals surface area contributed by atoms with Crippen LogP contribution in [-0.4, -0.2) is 9.78 Å². The molecule has 0 aromatic carbocycles. The highest BCUT2D eigenvalue weighted by molar-refractivity contribution is 5.31. The molecule has 0 fully saturated rings. The van der Waals surface area contributed by atoms with Crippen LogP contribution in [0.2, 0.25) is 0 Å². The Morgan fingerprint density at radius 3 is 2.50 bits per heavy atom. The first kappa shape index (κ1) is 7.08. The number of aryl methyl sites for hydroxylation is 1. The summed E-state index contributed by atoms with van der Waals surface area (Å²) in [5.74, 6) is 0.646. The fourth-order valence-corrected chi connectivity index (χ4v) is 0.727. The molecule has 0 bridgehead atoms. The van der Waals surface area contributed by atoms with Crippen molar-refractivity contribution in [3.05, 3.63) is 11.8 Å². The largest absolute Gasteiger partial charge is 0.384 e. The van der Waals surface area contributed by atoms with E-state index < -0.39 is 0 Å². The Hall–Kier alpha value is -1.03. The maximum absolute atomic E-state index is 5.56. The van der Waals surface area contributed by atoms with Gasteiger partial charge in [-0.15, -0.1) is 0 Å². The van der Waals surface area contributed by atoms with Crippen molar-refractivity contribution in [2.45, 2.75) is 13.0 Å². The van der Waals surface area contributed by atoms with Crippen molar-refractivity contribution >= 4 is 5.82 Å². The van der Waals surface area contributed by atoms with Crippen molar-refractivity contribution in [1.82, 2.24) is 9.78 Å². The van der Waals surface area contributed by atoms with Gasteiger partial charge in [-0.05, 0) is 6.92 Å². The lowest BCUT2D eigenvalue weighted by Crippen LogP contribution is -2.06. The Kier molecular flexibility index (Phi) is 1.63. The maximum atomic E-state index is 5.56. The molecule has 1 rings (SSSR count). The maximum Gasteiger partial charge on any atom is 0.121 e. The van der Waals surface area contributed by atoms with Crippen LogP contribution in [0.4, 0.5) is 5.82 Å². The molecule has 0 aliphatic carbocycles. The topological polar surface area (TPSA) is 69.9 Å². The van der Waals surface area contributed by atoms with Crippen LogP contribution in [0.5, 0.6) is 0 Å². The molecule has 0 aliphatic rings. The second-order valence-electron chi connectivity index (χ2n) is 2.41. The van der Waals surface area contributed by atoms with E-state index in [1.165, 1.54) is 0 Å². The van der Waals surface area contributed by atoms with Gasteiger partial charge in [-0.1, -0.05) is 0 Å². The van der Waals surface area contributed by atoms with E-state index in [1.54, 1.807) is 17.8 Å². The lowest BCUT2D eigenvalue weighted by Gasteiger charge is -1.96. The van der Waals surface area contributed by atoms with Crippen molar-refractivity contribution in [1.29, 1.82) is 0 Å². The van der Waals surface area contributed by atoms with Crippen molar-refractivity contribution in [2.75, 3.05) is 5.73 Å². The first-order chi connectivity index (χ1) is 4.61. The van der Waals surface area contributed by atoms with E-state index in [2.05, 4.69) is 5.10 Å². The monoisotopic (exact) mass is 140 g/mol. The highest BCUT2D eigenvalue weighted by atomic mass is 15.3. The Bertz CT molecular complexity index is 206. The van der Waals surface area contributed by atoms with Gasteiger partial charge in [0.2, 0.25) is 0 Å². The second kappa shape index (κ2) is 2.30. The van der Waals surface area contributed by atoms with Crippen LogP contribution in [0.15, 0.2) is 6.07 Å². The summed E-state index contributed by atoms with van der Waals surface area (Å²) in [5.41, 5.74) is 11.9. The fraction of sp³-hybridized carbons (Fsp3) is 0.500. The van der Waals surface area contributed by atoms with E-state index in [9.17, 15) is 0 Å². The van der Waals surface area contributed by atoms with Gasteiger partial charge in [-0.3, -0.25) is 4.68 Å². The Morgan fingerprint density at radius 1 is 1.70 bits per heavy atom. The SMILES string of the molecule is C[C@H](N)c1cc(N)n(C)n1. The first-order valence-electron chi connectivity index (χ1n) is 3.16. The van der Waals surface area contributed by atoms with Crippen LogP contribution < -0.4 is 11.5 Å². The van der Waals surface area contributed by atoms with E-state index in [0.29, 0.717) is 5.82 Å². The lowest BCUT2D eigenvalue weighted by molar-refractivity contribution is 0.704. The van der Waals surface area contributed by atoms with Crippen LogP contribution >= 0.6 is 0 Å². The van der Waals surface area contributed by atoms with Crippen molar-refractivity contribution in [2.24, 2.45) is 12.8 Å². The zero-order valence-electron chi connectivity index (χ0n) is 6.20. The molecule has 0 saturated heterocycles. The summed E-state index contributed by atoms with van der Waals surface area (Å²) in [6.07, 6.45) is 0. The van der Waals surface area contributed by atoms with Gasteiger partial charge in [0.1, 0.15) is 5.82 Å². The van der Waals surface area contributed by atoms with Gasteiger partial charge in [0.15, 0.2) is 0 Å². The van der Waals surface area contributed by atoms with Gasteiger partial charge in [0.05, 0.1) is 5.69 Å². The van der Waals surface area contributed by atoms with Gasteiger partial charge in [-0.25, -0.2) is 0 Å². The zero-order chi connectivity index (χ0) is 7.72. The van der Waals surface area contributed by atoms with Crippen molar-refractivity contribution in [3.8, 4) is 0 Å². The third-order valence-corrected chi connectivity index (χ3v) is 1.40. The molecule has 1 atom stereocenters. The average Bonchev–Trinajstić information content (AvgIpc) is 2.13. The second-order valence-corrected chi connectivity index (χ2v) is 2.41. The summed E-state index contributed by atoms with van der Waals surface area (Å²) in [6, 6.07) is 1.74. The van der Waals surface area contributed by atoms with Gasteiger partial charge in [0.25, 0.3) is 0 Å². The Balaban J connectivity index is 2.98. The molecule has 0 amide bonds. The van der Waals surface area contributed by atoms with Gasteiger partial charge in [-0.2, -0.15) is 5.10 Å². The van der Waals surface area contributed by atoms with E-state index in [4.69, 9.17) is 11.5 Å². The first-order valence-corrected chi connectivity index (χ1v) is 3.16. The molecule has 0 saturated carbocycles. The van der Waals surface area contributed by atoms with E-state index in [1.807, 2.05) is 6.92 Å². The fourth-order valence-electron chi connectivity index (χ4n) is 0.727. The number of anilines is 1. The van der Waals surface area contributed by atoms with Crippen molar-refractivity contribution in [3.63, 3.8) is 0 Å². The minimum absolute atomic E-state index is 0.0384. The number of aromatic nitrogens is 2. The van der Waals surface area contributed by atoms with Crippen LogP contribution in [-0.2, 0) is 7.05 Å². The van der Waals surface area contributed by atoms with E-state index in [-0.39, 0.29) is 6.04 Å². The van der Waals surface area contributed by atoms with Gasteiger partial charge in [0, 0.05) is 19.2 Å². The van der Waals surface area contributed by atoms with Crippen molar-refractivity contribution < 1.29 is 0 Å². The van der Waals surface area contributed by atoms with Gasteiger partial charge < -0.3 is 11.5 Å². The Morgan fingerprint density at radius 2 is 2.30 bits per heavy atom. The number of hydrogen-bond donors (Lipinski definition) is 2. The van der Waals surface area contributed by atoms with Gasteiger partial charge >= 0.3 is 0 Å². The van der Waals surface area contributed by atoms with E-state index in [0.717, 1.165) is 5.69 Å². The molecule has 10 heavy (non-hydrogen) atoms. The number of nitrogens with two attached hydrogens (primary N) is 2. The normalized spacial score (nSPS) is 13.5. The molecular formula is C6H12N4. The molecule has 0 aliphatic heterocycles. The predicted octanol–water partition coefficient (Wildman–Crippen LogP) is 0.0220. The third kappa shape index (κ3) is 1.11. The van der Waals surface area contributed by atoms with Crippen LogP contribution in [0.1, 0.15) is 18.7 Å². The average molecular weight is 140 g/mol. The highest BCUT2D eigenvalue weighted by Gasteiger charge is 2.04. The number of nitrogen functional groups attached to an aromatic ring is 1. The summed E-state index contributed by atoms with van der Waals surface area (Å²) in [6.45, 7) is 1.88. The molecular weight excluding hydrogens is 128 g/mol. The smallest absolute Gasteiger partial charge is 0.121 e. The minimum Gasteiger partial charge on any atom is -0.384 e. The molecule has 4 N–H and O–H groups in total. The van der Waals surface area contributed by atoms with Crippen LogP contribution in [0.25, 0.3) is 0 Å². The number of hydrogen-bond acceptors (Lipinski definition) is 3. The molecule has 0 radical (unpaired) electrons. The Labute approximate surface area is 59.8 Å². The summed E-state index contributed by atoms with van der Waals surface area (Å²) >= 11 is 0.